The first-order valence-electron chi connectivity index (χ1n) is 12.7. The number of nitro groups is 1. The number of nitro benzene ring substituents is 1. The third kappa shape index (κ3) is 9.25. The third-order valence-electron chi connectivity index (χ3n) is 5.52. The molecule has 0 fully saturated rings. The smallest absolute Gasteiger partial charge is 0.320 e. The van der Waals surface area contributed by atoms with E-state index in [1.807, 2.05) is 0 Å². The van der Waals surface area contributed by atoms with E-state index >= 15 is 0 Å². The average Bonchev–Trinajstić information content (AvgIpc) is 2.84. The van der Waals surface area contributed by atoms with Gasteiger partial charge in [-0.1, -0.05) is 11.6 Å². The zero-order chi connectivity index (χ0) is 29.4. The lowest BCUT2D eigenvalue weighted by Gasteiger charge is -2.25. The number of unbranched alkanes of at least 4 members (excludes halogenated alkanes) is 1. The molecule has 2 aromatic carbocycles. The maximum Gasteiger partial charge on any atom is 0.320 e. The van der Waals surface area contributed by atoms with Crippen molar-refractivity contribution in [3.63, 3.8) is 0 Å². The maximum atomic E-state index is 13.5. The van der Waals surface area contributed by atoms with Crippen LogP contribution in [0.2, 0.25) is 5.02 Å². The molecule has 0 aliphatic heterocycles. The van der Waals surface area contributed by atoms with Crippen LogP contribution in [-0.4, -0.2) is 68.8 Å². The highest BCUT2D eigenvalue weighted by molar-refractivity contribution is 6.31. The Labute approximate surface area is 236 Å². The van der Waals surface area contributed by atoms with Gasteiger partial charge in [0.15, 0.2) is 5.75 Å². The fourth-order valence-corrected chi connectivity index (χ4v) is 4.11. The zero-order valence-electron chi connectivity index (χ0n) is 22.8. The number of aliphatic hydroxyl groups excluding tert-OH is 1. The Morgan fingerprint density at radius 2 is 2.00 bits per heavy atom. The summed E-state index contributed by atoms with van der Waals surface area (Å²) in [5.74, 6) is -0.613. The van der Waals surface area contributed by atoms with Crippen LogP contribution in [0.5, 0.6) is 5.75 Å². The Morgan fingerprint density at radius 3 is 2.65 bits per heavy atom. The summed E-state index contributed by atoms with van der Waals surface area (Å²) in [5.41, 5.74) is -0.00696. The van der Waals surface area contributed by atoms with Gasteiger partial charge in [0.05, 0.1) is 40.1 Å². The number of hydrogen-bond donors (Lipinski definition) is 2. The first kappa shape index (κ1) is 30.9. The van der Waals surface area contributed by atoms with E-state index in [2.05, 4.69) is 15.3 Å². The summed E-state index contributed by atoms with van der Waals surface area (Å²) in [7, 11) is 0. The molecule has 0 aliphatic carbocycles. The van der Waals surface area contributed by atoms with Gasteiger partial charge < -0.3 is 19.9 Å². The number of nitrogens with one attached hydrogen (secondary N) is 1. The number of carbonyl (C=O) groups excluding carboxylic acids is 1. The number of rotatable bonds is 13. The van der Waals surface area contributed by atoms with Crippen molar-refractivity contribution < 1.29 is 28.7 Å². The van der Waals surface area contributed by atoms with Crippen LogP contribution in [0.15, 0.2) is 36.7 Å². The molecule has 216 valence electrons. The maximum absolute atomic E-state index is 13.5. The molecule has 1 aromatic heterocycles. The molecular formula is C27H33ClFN5O6. The minimum atomic E-state index is -0.625. The summed E-state index contributed by atoms with van der Waals surface area (Å²) >= 11 is 5.85. The van der Waals surface area contributed by atoms with Crippen LogP contribution in [-0.2, 0) is 9.53 Å². The molecular weight excluding hydrogens is 545 g/mol. The van der Waals surface area contributed by atoms with Gasteiger partial charge in [0.1, 0.15) is 23.6 Å². The molecule has 3 rings (SSSR count). The number of anilines is 2. The Balaban J connectivity index is 1.66. The van der Waals surface area contributed by atoms with Crippen molar-refractivity contribution in [2.45, 2.75) is 52.2 Å². The fourth-order valence-electron chi connectivity index (χ4n) is 3.93. The second-order valence-electron chi connectivity index (χ2n) is 10.3. The number of aromatic nitrogens is 2. The SMILES string of the molecule is C[C@@H](O)CN(CCCCOc1cc2ncnc(Nc3ccc(F)c(Cl)c3)c2cc1[N+](=O)[O-])CC(=O)OC(C)(C)C. The van der Waals surface area contributed by atoms with Crippen molar-refractivity contribution in [1.29, 1.82) is 0 Å². The van der Waals surface area contributed by atoms with Crippen molar-refractivity contribution in [1.82, 2.24) is 14.9 Å². The van der Waals surface area contributed by atoms with Crippen LogP contribution in [0.4, 0.5) is 21.6 Å². The monoisotopic (exact) mass is 577 g/mol. The molecule has 40 heavy (non-hydrogen) atoms. The summed E-state index contributed by atoms with van der Waals surface area (Å²) in [6, 6.07) is 6.84. The fraction of sp³-hybridized carbons (Fsp3) is 0.444. The lowest BCUT2D eigenvalue weighted by molar-refractivity contribution is -0.385. The van der Waals surface area contributed by atoms with Gasteiger partial charge >= 0.3 is 11.7 Å². The second-order valence-corrected chi connectivity index (χ2v) is 10.7. The van der Waals surface area contributed by atoms with E-state index in [4.69, 9.17) is 21.1 Å². The minimum absolute atomic E-state index is 0.0410. The Hall–Kier alpha value is -3.61. The molecule has 0 spiro atoms. The van der Waals surface area contributed by atoms with Crippen molar-refractivity contribution >= 4 is 45.7 Å². The van der Waals surface area contributed by atoms with Crippen molar-refractivity contribution in [2.24, 2.45) is 0 Å². The lowest BCUT2D eigenvalue weighted by Crippen LogP contribution is -2.39. The number of aliphatic hydroxyl groups is 1. The van der Waals surface area contributed by atoms with Crippen LogP contribution in [0.3, 0.4) is 0 Å². The van der Waals surface area contributed by atoms with Gasteiger partial charge in [-0.3, -0.25) is 19.8 Å². The minimum Gasteiger partial charge on any atom is -0.487 e. The number of esters is 1. The molecule has 0 saturated heterocycles. The molecule has 3 aromatic rings. The molecule has 11 nitrogen and oxygen atoms in total. The largest absolute Gasteiger partial charge is 0.487 e. The number of hydrogen-bond acceptors (Lipinski definition) is 10. The highest BCUT2D eigenvalue weighted by atomic mass is 35.5. The highest BCUT2D eigenvalue weighted by Gasteiger charge is 2.21. The quantitative estimate of drug-likeness (QED) is 0.120. The standard InChI is InChI=1S/C27H33ClFN5O6/c1-17(35)14-33(15-25(36)40-27(2,3)4)9-5-6-10-39-24-13-22-19(12-23(24)34(37)38)26(31-16-30-22)32-18-7-8-21(29)20(28)11-18/h7-8,11-13,16-17,35H,5-6,9-10,14-15H2,1-4H3,(H,30,31,32)/t17-/m1/s1. The molecule has 0 aliphatic rings. The van der Waals surface area contributed by atoms with Gasteiger partial charge in [-0.05, 0) is 65.3 Å². The summed E-state index contributed by atoms with van der Waals surface area (Å²) in [4.78, 5) is 33.7. The van der Waals surface area contributed by atoms with Crippen LogP contribution in [0.25, 0.3) is 10.9 Å². The number of ether oxygens (including phenoxy) is 2. The summed E-state index contributed by atoms with van der Waals surface area (Å²) in [6.07, 6.45) is 1.84. The average molecular weight is 578 g/mol. The van der Waals surface area contributed by atoms with Gasteiger partial charge in [-0.25, -0.2) is 14.4 Å². The third-order valence-corrected chi connectivity index (χ3v) is 5.81. The highest BCUT2D eigenvalue weighted by Crippen LogP contribution is 2.35. The molecule has 0 unspecified atom stereocenters. The van der Waals surface area contributed by atoms with Crippen LogP contribution >= 0.6 is 11.6 Å². The van der Waals surface area contributed by atoms with Gasteiger partial charge in [-0.2, -0.15) is 0 Å². The van der Waals surface area contributed by atoms with E-state index in [0.29, 0.717) is 42.5 Å². The van der Waals surface area contributed by atoms with Gasteiger partial charge in [0.2, 0.25) is 0 Å². The van der Waals surface area contributed by atoms with E-state index in [0.717, 1.165) is 0 Å². The topological polar surface area (TPSA) is 140 Å². The second kappa shape index (κ2) is 13.6. The Kier molecular flexibility index (Phi) is 10.5. The predicted molar refractivity (Wildman–Crippen MR) is 150 cm³/mol. The van der Waals surface area contributed by atoms with E-state index in [-0.39, 0.29) is 41.4 Å². The van der Waals surface area contributed by atoms with Crippen LogP contribution < -0.4 is 10.1 Å². The molecule has 0 amide bonds. The van der Waals surface area contributed by atoms with Gasteiger partial charge in [0, 0.05) is 24.4 Å². The lowest BCUT2D eigenvalue weighted by atomic mass is 10.2. The number of fused-ring (bicyclic) bond motifs is 1. The number of benzene rings is 2. The van der Waals surface area contributed by atoms with E-state index < -0.39 is 22.4 Å². The summed E-state index contributed by atoms with van der Waals surface area (Å²) in [5, 5.41) is 24.9. The van der Waals surface area contributed by atoms with Gasteiger partial charge in [-0.15, -0.1) is 0 Å². The zero-order valence-corrected chi connectivity index (χ0v) is 23.6. The number of carbonyl (C=O) groups is 1. The van der Waals surface area contributed by atoms with Crippen molar-refractivity contribution in [2.75, 3.05) is 31.6 Å². The van der Waals surface area contributed by atoms with Crippen molar-refractivity contribution in [3.05, 3.63) is 57.6 Å². The molecule has 0 bridgehead atoms. The molecule has 2 N–H and O–H groups in total. The predicted octanol–water partition coefficient (Wildman–Crippen LogP) is 5.26. The van der Waals surface area contributed by atoms with Gasteiger partial charge in [0.25, 0.3) is 0 Å². The Morgan fingerprint density at radius 1 is 1.25 bits per heavy atom. The molecule has 1 heterocycles. The summed E-state index contributed by atoms with van der Waals surface area (Å²) < 4.78 is 24.6. The molecule has 0 radical (unpaired) electrons. The van der Waals surface area contributed by atoms with Crippen LogP contribution in [0, 0.1) is 15.9 Å². The molecule has 1 atom stereocenters. The van der Waals surface area contributed by atoms with Crippen LogP contribution in [0.1, 0.15) is 40.5 Å². The van der Waals surface area contributed by atoms with E-state index in [1.165, 1.54) is 36.7 Å². The van der Waals surface area contributed by atoms with E-state index in [1.54, 1.807) is 32.6 Å². The summed E-state index contributed by atoms with van der Waals surface area (Å²) in [6.45, 7) is 8.04. The molecule has 13 heteroatoms. The number of halogens is 2. The van der Waals surface area contributed by atoms with E-state index in [9.17, 15) is 24.4 Å². The first-order valence-corrected chi connectivity index (χ1v) is 13.1. The molecule has 0 saturated carbocycles. The van der Waals surface area contributed by atoms with Crippen molar-refractivity contribution in [3.8, 4) is 5.75 Å². The normalized spacial score (nSPS) is 12.4. The number of nitrogens with zero attached hydrogens (tertiary/aromatic N) is 4. The Bertz CT molecular complexity index is 1350. The first-order chi connectivity index (χ1) is 18.8.